The summed E-state index contributed by atoms with van der Waals surface area (Å²) in [5.74, 6) is -0.168. The van der Waals surface area contributed by atoms with Gasteiger partial charge >= 0.3 is 6.03 Å². The predicted octanol–water partition coefficient (Wildman–Crippen LogP) is 4.38. The normalized spacial score (nSPS) is 11.5. The number of hydrogen-bond acceptors (Lipinski definition) is 2. The number of carbonyl (C=O) groups is 2. The molecule has 0 spiro atoms. The van der Waals surface area contributed by atoms with Crippen molar-refractivity contribution in [1.82, 2.24) is 10.6 Å². The van der Waals surface area contributed by atoms with Crippen LogP contribution in [-0.4, -0.2) is 18.5 Å². The van der Waals surface area contributed by atoms with Gasteiger partial charge in [0.1, 0.15) is 0 Å². The Morgan fingerprint density at radius 1 is 1.04 bits per heavy atom. The summed E-state index contributed by atoms with van der Waals surface area (Å²) in [5, 5.41) is 9.09. The molecule has 0 aliphatic rings. The second-order valence-electron chi connectivity index (χ2n) is 5.46. The van der Waals surface area contributed by atoms with E-state index in [9.17, 15) is 9.59 Å². The largest absolute Gasteiger partial charge is 0.350 e. The molecule has 2 rings (SSSR count). The summed E-state index contributed by atoms with van der Waals surface area (Å²) in [5.41, 5.74) is 1.55. The third-order valence-electron chi connectivity index (χ3n) is 3.49. The summed E-state index contributed by atoms with van der Waals surface area (Å²) in [6.07, 6.45) is 0.174. The molecule has 25 heavy (non-hydrogen) atoms. The molecular formula is C18H19Cl2N3O2. The van der Waals surface area contributed by atoms with Crippen molar-refractivity contribution in [3.8, 4) is 0 Å². The van der Waals surface area contributed by atoms with Crippen LogP contribution in [0.5, 0.6) is 0 Å². The van der Waals surface area contributed by atoms with Gasteiger partial charge < -0.3 is 16.0 Å². The Morgan fingerprint density at radius 2 is 1.76 bits per heavy atom. The highest BCUT2D eigenvalue weighted by Gasteiger charge is 2.11. The third kappa shape index (κ3) is 6.29. The van der Waals surface area contributed by atoms with Crippen LogP contribution in [0.25, 0.3) is 0 Å². The molecule has 0 aromatic heterocycles. The number of carbonyl (C=O) groups excluding carboxylic acids is 2. The van der Waals surface area contributed by atoms with E-state index in [-0.39, 0.29) is 30.9 Å². The molecule has 0 bridgehead atoms. The minimum atomic E-state index is -0.350. The minimum absolute atomic E-state index is 0.168. The predicted molar refractivity (Wildman–Crippen MR) is 101 cm³/mol. The number of benzene rings is 2. The number of rotatable bonds is 6. The lowest BCUT2D eigenvalue weighted by Crippen LogP contribution is -2.34. The summed E-state index contributed by atoms with van der Waals surface area (Å²) >= 11 is 11.9. The number of hydrogen-bond donors (Lipinski definition) is 3. The third-order valence-corrected chi connectivity index (χ3v) is 4.23. The van der Waals surface area contributed by atoms with Crippen LogP contribution in [0.2, 0.25) is 10.0 Å². The zero-order chi connectivity index (χ0) is 18.2. The highest BCUT2D eigenvalue weighted by atomic mass is 35.5. The van der Waals surface area contributed by atoms with E-state index in [1.165, 1.54) is 0 Å². The van der Waals surface area contributed by atoms with Crippen LogP contribution in [0.4, 0.5) is 10.5 Å². The van der Waals surface area contributed by atoms with E-state index in [1.54, 1.807) is 24.3 Å². The Kier molecular flexibility index (Phi) is 7.10. The molecule has 0 fully saturated rings. The zero-order valence-corrected chi connectivity index (χ0v) is 15.2. The van der Waals surface area contributed by atoms with Gasteiger partial charge in [-0.25, -0.2) is 4.79 Å². The lowest BCUT2D eigenvalue weighted by Gasteiger charge is -2.15. The van der Waals surface area contributed by atoms with Crippen LogP contribution < -0.4 is 16.0 Å². The highest BCUT2D eigenvalue weighted by molar-refractivity contribution is 6.42. The van der Waals surface area contributed by atoms with Gasteiger partial charge in [0.2, 0.25) is 5.91 Å². The molecule has 1 atom stereocenters. The second kappa shape index (κ2) is 9.30. The standard InChI is InChI=1S/C18H19Cl2N3O2/c1-12(13-7-8-15(19)16(20)11-13)22-17(24)9-10-21-18(25)23-14-5-3-2-4-6-14/h2-8,11-12H,9-10H2,1H3,(H,22,24)(H2,21,23,25). The van der Waals surface area contributed by atoms with E-state index in [0.29, 0.717) is 15.7 Å². The first-order chi connectivity index (χ1) is 12.0. The summed E-state index contributed by atoms with van der Waals surface area (Å²) in [6, 6.07) is 13.7. The molecule has 2 aromatic rings. The number of amides is 3. The maximum absolute atomic E-state index is 12.0. The van der Waals surface area contributed by atoms with Gasteiger partial charge in [0.15, 0.2) is 0 Å². The van der Waals surface area contributed by atoms with Crippen molar-refractivity contribution in [3.63, 3.8) is 0 Å². The SMILES string of the molecule is CC(NC(=O)CCNC(=O)Nc1ccccc1)c1ccc(Cl)c(Cl)c1. The Hall–Kier alpha value is -2.24. The Morgan fingerprint density at radius 3 is 2.44 bits per heavy atom. The van der Waals surface area contributed by atoms with Gasteiger partial charge in [0.25, 0.3) is 0 Å². The topological polar surface area (TPSA) is 70.2 Å². The van der Waals surface area contributed by atoms with Gasteiger partial charge in [-0.1, -0.05) is 47.5 Å². The zero-order valence-electron chi connectivity index (χ0n) is 13.7. The number of para-hydroxylation sites is 1. The van der Waals surface area contributed by atoms with Gasteiger partial charge in [-0.05, 0) is 36.8 Å². The maximum atomic E-state index is 12.0. The van der Waals surface area contributed by atoms with Crippen LogP contribution in [0.1, 0.15) is 24.9 Å². The molecule has 7 heteroatoms. The number of anilines is 1. The molecule has 0 saturated carbocycles. The average molecular weight is 380 g/mol. The maximum Gasteiger partial charge on any atom is 0.319 e. The lowest BCUT2D eigenvalue weighted by molar-refractivity contribution is -0.121. The van der Waals surface area contributed by atoms with Gasteiger partial charge in [-0.2, -0.15) is 0 Å². The molecule has 0 aliphatic carbocycles. The van der Waals surface area contributed by atoms with Crippen molar-refractivity contribution in [2.24, 2.45) is 0 Å². The minimum Gasteiger partial charge on any atom is -0.350 e. The fourth-order valence-electron chi connectivity index (χ4n) is 2.17. The average Bonchev–Trinajstić information content (AvgIpc) is 2.58. The molecule has 0 aliphatic heterocycles. The van der Waals surface area contributed by atoms with Crippen molar-refractivity contribution in [2.75, 3.05) is 11.9 Å². The fraction of sp³-hybridized carbons (Fsp3) is 0.222. The monoisotopic (exact) mass is 379 g/mol. The van der Waals surface area contributed by atoms with Crippen LogP contribution in [-0.2, 0) is 4.79 Å². The van der Waals surface area contributed by atoms with E-state index < -0.39 is 0 Å². The molecule has 3 N–H and O–H groups in total. The first-order valence-corrected chi connectivity index (χ1v) is 8.55. The highest BCUT2D eigenvalue weighted by Crippen LogP contribution is 2.25. The summed E-state index contributed by atoms with van der Waals surface area (Å²) in [4.78, 5) is 23.7. The van der Waals surface area contributed by atoms with E-state index >= 15 is 0 Å². The lowest BCUT2D eigenvalue weighted by atomic mass is 10.1. The van der Waals surface area contributed by atoms with Crippen LogP contribution in [0, 0.1) is 0 Å². The van der Waals surface area contributed by atoms with Crippen LogP contribution >= 0.6 is 23.2 Å². The first kappa shape index (κ1) is 19.1. The summed E-state index contributed by atoms with van der Waals surface area (Å²) < 4.78 is 0. The van der Waals surface area contributed by atoms with E-state index in [2.05, 4.69) is 16.0 Å². The number of halogens is 2. The van der Waals surface area contributed by atoms with Crippen molar-refractivity contribution in [2.45, 2.75) is 19.4 Å². The molecule has 2 aromatic carbocycles. The molecule has 1 unspecified atom stereocenters. The smallest absolute Gasteiger partial charge is 0.319 e. The van der Waals surface area contributed by atoms with Gasteiger partial charge in [-0.15, -0.1) is 0 Å². The second-order valence-corrected chi connectivity index (χ2v) is 6.27. The molecule has 0 saturated heterocycles. The molecule has 132 valence electrons. The first-order valence-electron chi connectivity index (χ1n) is 7.80. The molecule has 0 radical (unpaired) electrons. The van der Waals surface area contributed by atoms with E-state index in [1.807, 2.05) is 31.2 Å². The quantitative estimate of drug-likeness (QED) is 0.696. The van der Waals surface area contributed by atoms with Gasteiger partial charge in [-0.3, -0.25) is 4.79 Å². The number of urea groups is 1. The van der Waals surface area contributed by atoms with E-state index in [4.69, 9.17) is 23.2 Å². The van der Waals surface area contributed by atoms with Crippen LogP contribution in [0.3, 0.4) is 0 Å². The van der Waals surface area contributed by atoms with E-state index in [0.717, 1.165) is 5.56 Å². The Balaban J connectivity index is 1.73. The fourth-order valence-corrected chi connectivity index (χ4v) is 2.47. The van der Waals surface area contributed by atoms with Crippen molar-refractivity contribution in [1.29, 1.82) is 0 Å². The molecular weight excluding hydrogens is 361 g/mol. The van der Waals surface area contributed by atoms with Crippen molar-refractivity contribution >= 4 is 40.8 Å². The van der Waals surface area contributed by atoms with Crippen molar-refractivity contribution < 1.29 is 9.59 Å². The van der Waals surface area contributed by atoms with Crippen LogP contribution in [0.15, 0.2) is 48.5 Å². The summed E-state index contributed by atoms with van der Waals surface area (Å²) in [6.45, 7) is 2.09. The molecule has 5 nitrogen and oxygen atoms in total. The molecule has 3 amide bonds. The Bertz CT molecular complexity index is 738. The van der Waals surface area contributed by atoms with Gasteiger partial charge in [0.05, 0.1) is 16.1 Å². The Labute approximate surface area is 156 Å². The summed E-state index contributed by atoms with van der Waals surface area (Å²) in [7, 11) is 0. The number of nitrogens with one attached hydrogen (secondary N) is 3. The van der Waals surface area contributed by atoms with Gasteiger partial charge in [0, 0.05) is 18.7 Å². The molecule has 0 heterocycles. The van der Waals surface area contributed by atoms with Crippen molar-refractivity contribution in [3.05, 3.63) is 64.1 Å².